The molecule has 4 nitrogen and oxygen atoms in total. The number of carbonyl (C=O) groups excluding carboxylic acids is 1. The predicted molar refractivity (Wildman–Crippen MR) is 45.2 cm³/mol. The van der Waals surface area contributed by atoms with Gasteiger partial charge in [0.2, 0.25) is 0 Å². The number of hydrogen-bond acceptors (Lipinski definition) is 3. The summed E-state index contributed by atoms with van der Waals surface area (Å²) in [7, 11) is 0. The molecule has 12 heavy (non-hydrogen) atoms. The molecule has 0 bridgehead atoms. The Hall–Kier alpha value is -0.770. The molecule has 1 saturated carbocycles. The fourth-order valence-electron chi connectivity index (χ4n) is 1.72. The van der Waals surface area contributed by atoms with Crippen molar-refractivity contribution < 1.29 is 9.63 Å². The Morgan fingerprint density at radius 2 is 2.17 bits per heavy atom. The molecule has 1 rings (SSSR count). The van der Waals surface area contributed by atoms with Gasteiger partial charge in [-0.1, -0.05) is 19.8 Å². The van der Waals surface area contributed by atoms with Crippen molar-refractivity contribution in [2.75, 3.05) is 0 Å². The molecule has 0 saturated heterocycles. The first-order valence-corrected chi connectivity index (χ1v) is 4.41. The lowest BCUT2D eigenvalue weighted by Gasteiger charge is -2.28. The highest BCUT2D eigenvalue weighted by Gasteiger charge is 2.22. The van der Waals surface area contributed by atoms with Gasteiger partial charge in [0.25, 0.3) is 0 Å². The van der Waals surface area contributed by atoms with E-state index in [1.165, 1.54) is 19.3 Å². The lowest BCUT2D eigenvalue weighted by molar-refractivity contribution is 0.135. The average molecular weight is 172 g/mol. The Bertz CT molecular complexity index is 161. The zero-order chi connectivity index (χ0) is 8.97. The van der Waals surface area contributed by atoms with Gasteiger partial charge in [-0.2, -0.15) is 5.90 Å². The second kappa shape index (κ2) is 4.30. The van der Waals surface area contributed by atoms with Gasteiger partial charge in [-0.3, -0.25) is 0 Å². The Morgan fingerprint density at radius 3 is 2.75 bits per heavy atom. The summed E-state index contributed by atoms with van der Waals surface area (Å²) in [6.45, 7) is 2.14. The minimum atomic E-state index is -0.520. The Kier molecular flexibility index (Phi) is 3.34. The van der Waals surface area contributed by atoms with Gasteiger partial charge in [-0.25, -0.2) is 4.79 Å². The molecule has 0 aliphatic heterocycles. The van der Waals surface area contributed by atoms with Crippen LogP contribution in [-0.4, -0.2) is 12.1 Å². The van der Waals surface area contributed by atoms with E-state index < -0.39 is 6.09 Å². The van der Waals surface area contributed by atoms with Crippen LogP contribution in [0, 0.1) is 5.92 Å². The largest absolute Gasteiger partial charge is 0.426 e. The number of amides is 1. The molecular formula is C8H16N2O2. The van der Waals surface area contributed by atoms with Crippen LogP contribution in [0.25, 0.3) is 0 Å². The normalized spacial score (nSPS) is 29.5. The molecule has 0 radical (unpaired) electrons. The van der Waals surface area contributed by atoms with Crippen molar-refractivity contribution in [3.05, 3.63) is 0 Å². The number of carbonyl (C=O) groups is 1. The summed E-state index contributed by atoms with van der Waals surface area (Å²) in [5, 5.41) is 2.73. The van der Waals surface area contributed by atoms with E-state index in [9.17, 15) is 4.79 Å². The first kappa shape index (κ1) is 9.32. The highest BCUT2D eigenvalue weighted by atomic mass is 16.7. The summed E-state index contributed by atoms with van der Waals surface area (Å²) in [5.41, 5.74) is 0. The molecule has 3 N–H and O–H groups in total. The molecule has 1 aliphatic carbocycles. The van der Waals surface area contributed by atoms with Crippen LogP contribution < -0.4 is 11.2 Å². The third-order valence-corrected chi connectivity index (χ3v) is 2.52. The topological polar surface area (TPSA) is 64.3 Å². The maximum atomic E-state index is 10.8. The molecule has 0 spiro atoms. The summed E-state index contributed by atoms with van der Waals surface area (Å²) in [5.74, 6) is 5.26. The molecule has 2 atom stereocenters. The number of rotatable bonds is 1. The molecule has 0 aromatic rings. The van der Waals surface area contributed by atoms with Crippen LogP contribution in [0.5, 0.6) is 0 Å². The van der Waals surface area contributed by atoms with E-state index in [0.29, 0.717) is 5.92 Å². The molecule has 0 aromatic carbocycles. The van der Waals surface area contributed by atoms with Crippen LogP contribution in [0.2, 0.25) is 0 Å². The third-order valence-electron chi connectivity index (χ3n) is 2.52. The van der Waals surface area contributed by atoms with E-state index in [4.69, 9.17) is 5.90 Å². The van der Waals surface area contributed by atoms with Crippen molar-refractivity contribution >= 4 is 6.09 Å². The standard InChI is InChI=1S/C8H16N2O2/c1-6-4-2-3-5-7(6)10-8(11)12-9/h6-7H,2-5,9H2,1H3,(H,10,11). The molecule has 1 fully saturated rings. The summed E-state index contributed by atoms with van der Waals surface area (Å²) in [6, 6.07) is 0.245. The van der Waals surface area contributed by atoms with Crippen molar-refractivity contribution in [2.24, 2.45) is 11.8 Å². The molecule has 70 valence electrons. The van der Waals surface area contributed by atoms with Gasteiger partial charge in [0.05, 0.1) is 0 Å². The predicted octanol–water partition coefficient (Wildman–Crippen LogP) is 1.17. The van der Waals surface area contributed by atoms with Crippen LogP contribution in [0.15, 0.2) is 0 Å². The third kappa shape index (κ3) is 2.37. The summed E-state index contributed by atoms with van der Waals surface area (Å²) in [6.07, 6.45) is 4.14. The van der Waals surface area contributed by atoms with Crippen molar-refractivity contribution in [2.45, 2.75) is 38.6 Å². The van der Waals surface area contributed by atoms with Crippen molar-refractivity contribution in [3.8, 4) is 0 Å². The first-order valence-electron chi connectivity index (χ1n) is 4.41. The Labute approximate surface area is 72.4 Å². The van der Waals surface area contributed by atoms with Crippen LogP contribution in [0.1, 0.15) is 32.6 Å². The average Bonchev–Trinajstić information content (AvgIpc) is 2.09. The monoisotopic (exact) mass is 172 g/mol. The molecule has 2 unspecified atom stereocenters. The van der Waals surface area contributed by atoms with Crippen molar-refractivity contribution in [1.82, 2.24) is 5.32 Å². The minimum Gasteiger partial charge on any atom is -0.357 e. The summed E-state index contributed by atoms with van der Waals surface area (Å²) in [4.78, 5) is 14.8. The summed E-state index contributed by atoms with van der Waals surface area (Å²) >= 11 is 0. The number of nitrogens with one attached hydrogen (secondary N) is 1. The fraction of sp³-hybridized carbons (Fsp3) is 0.875. The van der Waals surface area contributed by atoms with E-state index >= 15 is 0 Å². The van der Waals surface area contributed by atoms with Crippen molar-refractivity contribution in [1.29, 1.82) is 0 Å². The van der Waals surface area contributed by atoms with Crippen LogP contribution in [0.3, 0.4) is 0 Å². The van der Waals surface area contributed by atoms with Crippen molar-refractivity contribution in [3.63, 3.8) is 0 Å². The van der Waals surface area contributed by atoms with Gasteiger partial charge in [-0.15, -0.1) is 0 Å². The van der Waals surface area contributed by atoms with E-state index in [0.717, 1.165) is 6.42 Å². The van der Waals surface area contributed by atoms with E-state index in [1.54, 1.807) is 0 Å². The zero-order valence-corrected chi connectivity index (χ0v) is 7.38. The molecule has 0 aromatic heterocycles. The first-order chi connectivity index (χ1) is 5.74. The number of hydrogen-bond donors (Lipinski definition) is 2. The second-order valence-electron chi connectivity index (χ2n) is 3.42. The minimum absolute atomic E-state index is 0.245. The lowest BCUT2D eigenvalue weighted by Crippen LogP contribution is -2.42. The highest BCUT2D eigenvalue weighted by molar-refractivity contribution is 5.67. The molecular weight excluding hydrogens is 156 g/mol. The quantitative estimate of drug-likeness (QED) is 0.583. The highest BCUT2D eigenvalue weighted by Crippen LogP contribution is 2.23. The van der Waals surface area contributed by atoms with Gasteiger partial charge in [0, 0.05) is 6.04 Å². The fourth-order valence-corrected chi connectivity index (χ4v) is 1.72. The SMILES string of the molecule is CC1CCCCC1NC(=O)ON. The maximum Gasteiger partial charge on any atom is 0.426 e. The molecule has 1 amide bonds. The lowest BCUT2D eigenvalue weighted by atomic mass is 9.86. The van der Waals surface area contributed by atoms with Gasteiger partial charge in [-0.05, 0) is 18.8 Å². The molecule has 4 heteroatoms. The van der Waals surface area contributed by atoms with Crippen LogP contribution >= 0.6 is 0 Å². The van der Waals surface area contributed by atoms with Gasteiger partial charge >= 0.3 is 6.09 Å². The maximum absolute atomic E-state index is 10.8. The number of nitrogens with two attached hydrogens (primary N) is 1. The van der Waals surface area contributed by atoms with E-state index in [-0.39, 0.29) is 6.04 Å². The smallest absolute Gasteiger partial charge is 0.357 e. The zero-order valence-electron chi connectivity index (χ0n) is 7.38. The molecule has 1 aliphatic rings. The van der Waals surface area contributed by atoms with E-state index in [2.05, 4.69) is 17.1 Å². The van der Waals surface area contributed by atoms with Gasteiger partial charge in [0.1, 0.15) is 0 Å². The molecule has 0 heterocycles. The van der Waals surface area contributed by atoms with Gasteiger partial charge in [0.15, 0.2) is 0 Å². The second-order valence-corrected chi connectivity index (χ2v) is 3.42. The van der Waals surface area contributed by atoms with E-state index in [1.807, 2.05) is 0 Å². The van der Waals surface area contributed by atoms with Gasteiger partial charge < -0.3 is 10.2 Å². The Balaban J connectivity index is 2.33. The summed E-state index contributed by atoms with van der Waals surface area (Å²) < 4.78 is 0. The van der Waals surface area contributed by atoms with Crippen LogP contribution in [0.4, 0.5) is 4.79 Å². The Morgan fingerprint density at radius 1 is 1.50 bits per heavy atom. The van der Waals surface area contributed by atoms with Crippen LogP contribution in [-0.2, 0) is 4.84 Å².